The predicted molar refractivity (Wildman–Crippen MR) is 75.0 cm³/mol. The summed E-state index contributed by atoms with van der Waals surface area (Å²) < 4.78 is 18.8. The molecule has 0 fully saturated rings. The summed E-state index contributed by atoms with van der Waals surface area (Å²) in [5.41, 5.74) is 7.54. The van der Waals surface area contributed by atoms with Crippen molar-refractivity contribution < 1.29 is 9.13 Å². The highest BCUT2D eigenvalue weighted by atomic mass is 35.5. The van der Waals surface area contributed by atoms with Gasteiger partial charge in [0, 0.05) is 11.6 Å². The molecule has 1 unspecified atom stereocenters. The van der Waals surface area contributed by atoms with E-state index in [9.17, 15) is 4.39 Å². The third-order valence-corrected chi connectivity index (χ3v) is 3.11. The highest BCUT2D eigenvalue weighted by molar-refractivity contribution is 6.30. The minimum Gasteiger partial charge on any atom is -0.484 e. The molecule has 4 heteroatoms. The van der Waals surface area contributed by atoms with E-state index in [1.54, 1.807) is 24.3 Å². The Balaban J connectivity index is 2.23. The molecule has 0 saturated heterocycles. The summed E-state index contributed by atoms with van der Waals surface area (Å²) in [6, 6.07) is 11.6. The van der Waals surface area contributed by atoms with Crippen molar-refractivity contribution in [1.82, 2.24) is 0 Å². The van der Waals surface area contributed by atoms with E-state index in [-0.39, 0.29) is 11.9 Å². The van der Waals surface area contributed by atoms with E-state index in [2.05, 4.69) is 0 Å². The minimum absolute atomic E-state index is 0.279. The third-order valence-electron chi connectivity index (χ3n) is 2.88. The van der Waals surface area contributed by atoms with Crippen LogP contribution in [0.1, 0.15) is 17.2 Å². The second kappa shape index (κ2) is 6.04. The van der Waals surface area contributed by atoms with Gasteiger partial charge < -0.3 is 10.5 Å². The van der Waals surface area contributed by atoms with Crippen molar-refractivity contribution in [2.24, 2.45) is 5.73 Å². The fourth-order valence-electron chi connectivity index (χ4n) is 1.78. The number of halogens is 2. The molecule has 0 heterocycles. The lowest BCUT2D eigenvalue weighted by atomic mass is 10.1. The van der Waals surface area contributed by atoms with Crippen LogP contribution in [-0.4, -0.2) is 6.54 Å². The van der Waals surface area contributed by atoms with Gasteiger partial charge in [-0.3, -0.25) is 0 Å². The Kier molecular flexibility index (Phi) is 4.40. The van der Waals surface area contributed by atoms with Gasteiger partial charge in [0.15, 0.2) is 0 Å². The lowest BCUT2D eigenvalue weighted by Gasteiger charge is -2.19. The normalized spacial score (nSPS) is 12.2. The number of ether oxygens (including phenoxy) is 1. The molecule has 0 radical (unpaired) electrons. The van der Waals surface area contributed by atoms with Crippen molar-refractivity contribution in [3.63, 3.8) is 0 Å². The maximum Gasteiger partial charge on any atom is 0.136 e. The van der Waals surface area contributed by atoms with Gasteiger partial charge in [0.2, 0.25) is 0 Å². The van der Waals surface area contributed by atoms with E-state index in [1.807, 2.05) is 13.0 Å². The van der Waals surface area contributed by atoms with Gasteiger partial charge >= 0.3 is 0 Å². The summed E-state index contributed by atoms with van der Waals surface area (Å²) in [6.07, 6.45) is -0.322. The highest BCUT2D eigenvalue weighted by Gasteiger charge is 2.13. The van der Waals surface area contributed by atoms with Crippen molar-refractivity contribution in [3.8, 4) is 5.75 Å². The fourth-order valence-corrected chi connectivity index (χ4v) is 1.95. The van der Waals surface area contributed by atoms with E-state index in [0.717, 1.165) is 11.1 Å². The van der Waals surface area contributed by atoms with Crippen molar-refractivity contribution in [3.05, 3.63) is 64.4 Å². The maximum absolute atomic E-state index is 12.9. The quantitative estimate of drug-likeness (QED) is 0.922. The summed E-state index contributed by atoms with van der Waals surface area (Å²) in [6.45, 7) is 2.24. The lowest BCUT2D eigenvalue weighted by Crippen LogP contribution is -2.18. The molecular weight excluding hydrogens is 265 g/mol. The van der Waals surface area contributed by atoms with Crippen molar-refractivity contribution in [2.45, 2.75) is 13.0 Å². The van der Waals surface area contributed by atoms with Gasteiger partial charge in [-0.25, -0.2) is 4.39 Å². The smallest absolute Gasteiger partial charge is 0.136 e. The Hall–Kier alpha value is -1.58. The van der Waals surface area contributed by atoms with Gasteiger partial charge in [-0.2, -0.15) is 0 Å². The van der Waals surface area contributed by atoms with Gasteiger partial charge in [0.1, 0.15) is 17.7 Å². The molecule has 0 bridgehead atoms. The van der Waals surface area contributed by atoms with Crippen LogP contribution in [0.3, 0.4) is 0 Å². The topological polar surface area (TPSA) is 35.2 Å². The molecular formula is C15H15ClFNO. The highest BCUT2D eigenvalue weighted by Crippen LogP contribution is 2.27. The van der Waals surface area contributed by atoms with Crippen LogP contribution in [0.4, 0.5) is 4.39 Å². The lowest BCUT2D eigenvalue weighted by molar-refractivity contribution is 0.212. The van der Waals surface area contributed by atoms with E-state index >= 15 is 0 Å². The van der Waals surface area contributed by atoms with Crippen LogP contribution in [0.5, 0.6) is 5.75 Å². The standard InChI is InChI=1S/C15H15ClFNO/c1-10-2-5-12(16)8-14(10)19-15(9-18)11-3-6-13(17)7-4-11/h2-8,15H,9,18H2,1H3. The first-order chi connectivity index (χ1) is 9.10. The minimum atomic E-state index is -0.322. The molecule has 2 aromatic rings. The fraction of sp³-hybridized carbons (Fsp3) is 0.200. The summed E-state index contributed by atoms with van der Waals surface area (Å²) >= 11 is 5.95. The zero-order chi connectivity index (χ0) is 13.8. The van der Waals surface area contributed by atoms with Gasteiger partial charge in [-0.05, 0) is 42.3 Å². The number of hydrogen-bond donors (Lipinski definition) is 1. The third kappa shape index (κ3) is 3.46. The summed E-state index contributed by atoms with van der Waals surface area (Å²) in [5.74, 6) is 0.408. The average molecular weight is 280 g/mol. The SMILES string of the molecule is Cc1ccc(Cl)cc1OC(CN)c1ccc(F)cc1. The molecule has 0 aliphatic heterocycles. The zero-order valence-electron chi connectivity index (χ0n) is 10.6. The van der Waals surface area contributed by atoms with Gasteiger partial charge in [-0.1, -0.05) is 29.8 Å². The molecule has 0 spiro atoms. The van der Waals surface area contributed by atoms with Crippen LogP contribution < -0.4 is 10.5 Å². The van der Waals surface area contributed by atoms with Crippen LogP contribution in [0.2, 0.25) is 5.02 Å². The Morgan fingerprint density at radius 3 is 2.53 bits per heavy atom. The molecule has 100 valence electrons. The van der Waals surface area contributed by atoms with E-state index in [1.165, 1.54) is 12.1 Å². The van der Waals surface area contributed by atoms with Crippen molar-refractivity contribution in [1.29, 1.82) is 0 Å². The van der Waals surface area contributed by atoms with Crippen molar-refractivity contribution >= 4 is 11.6 Å². The van der Waals surface area contributed by atoms with Crippen LogP contribution >= 0.6 is 11.6 Å². The first kappa shape index (κ1) is 13.8. The molecule has 2 N–H and O–H groups in total. The van der Waals surface area contributed by atoms with E-state index < -0.39 is 0 Å². The van der Waals surface area contributed by atoms with Crippen LogP contribution in [-0.2, 0) is 0 Å². The number of benzene rings is 2. The average Bonchev–Trinajstić information content (AvgIpc) is 2.41. The zero-order valence-corrected chi connectivity index (χ0v) is 11.3. The maximum atomic E-state index is 12.9. The molecule has 0 amide bonds. The Morgan fingerprint density at radius 1 is 1.21 bits per heavy atom. The largest absolute Gasteiger partial charge is 0.484 e. The number of hydrogen-bond acceptors (Lipinski definition) is 2. The summed E-state index contributed by atoms with van der Waals surface area (Å²) in [7, 11) is 0. The van der Waals surface area contributed by atoms with Gasteiger partial charge in [0.05, 0.1) is 0 Å². The Morgan fingerprint density at radius 2 is 1.89 bits per heavy atom. The molecule has 0 aliphatic rings. The first-order valence-electron chi connectivity index (χ1n) is 5.98. The van der Waals surface area contributed by atoms with E-state index in [0.29, 0.717) is 17.3 Å². The number of rotatable bonds is 4. The van der Waals surface area contributed by atoms with Crippen LogP contribution in [0, 0.1) is 12.7 Å². The monoisotopic (exact) mass is 279 g/mol. The molecule has 0 saturated carbocycles. The predicted octanol–water partition coefficient (Wildman–Crippen LogP) is 3.87. The second-order valence-corrected chi connectivity index (χ2v) is 4.74. The van der Waals surface area contributed by atoms with Gasteiger partial charge in [0.25, 0.3) is 0 Å². The van der Waals surface area contributed by atoms with Crippen LogP contribution in [0.15, 0.2) is 42.5 Å². The molecule has 1 atom stereocenters. The molecule has 19 heavy (non-hydrogen) atoms. The van der Waals surface area contributed by atoms with Crippen molar-refractivity contribution in [2.75, 3.05) is 6.54 Å². The van der Waals surface area contributed by atoms with Gasteiger partial charge in [-0.15, -0.1) is 0 Å². The molecule has 0 aromatic heterocycles. The molecule has 2 nitrogen and oxygen atoms in total. The first-order valence-corrected chi connectivity index (χ1v) is 6.36. The molecule has 2 rings (SSSR count). The van der Waals surface area contributed by atoms with E-state index in [4.69, 9.17) is 22.1 Å². The van der Waals surface area contributed by atoms with Crippen LogP contribution in [0.25, 0.3) is 0 Å². The second-order valence-electron chi connectivity index (χ2n) is 4.30. The molecule has 2 aromatic carbocycles. The Labute approximate surface area is 117 Å². The summed E-state index contributed by atoms with van der Waals surface area (Å²) in [4.78, 5) is 0. The molecule has 0 aliphatic carbocycles. The summed E-state index contributed by atoms with van der Waals surface area (Å²) in [5, 5.41) is 0.607. The number of nitrogens with two attached hydrogens (primary N) is 1. The number of aryl methyl sites for hydroxylation is 1. The Bertz CT molecular complexity index is 557.